The molecule has 0 aromatic carbocycles. The zero-order chi connectivity index (χ0) is 13.1. The zero-order valence-electron chi connectivity index (χ0n) is 12.0. The summed E-state index contributed by atoms with van der Waals surface area (Å²) in [7, 11) is 5.80. The summed E-state index contributed by atoms with van der Waals surface area (Å²) in [5.74, 6) is 0.295. The Kier molecular flexibility index (Phi) is 4.62. The molecule has 4 nitrogen and oxygen atoms in total. The first-order chi connectivity index (χ1) is 8.63. The number of amides is 1. The second-order valence-corrected chi connectivity index (χ2v) is 5.92. The fourth-order valence-electron chi connectivity index (χ4n) is 3.49. The van der Waals surface area contributed by atoms with Crippen LogP contribution >= 0.6 is 0 Å². The van der Waals surface area contributed by atoms with Crippen molar-refractivity contribution in [1.82, 2.24) is 15.1 Å². The van der Waals surface area contributed by atoms with Crippen LogP contribution < -0.4 is 5.32 Å². The molecule has 1 atom stereocenters. The third-order valence-electron chi connectivity index (χ3n) is 4.59. The van der Waals surface area contributed by atoms with Crippen molar-refractivity contribution in [3.63, 3.8) is 0 Å². The number of carbonyl (C=O) groups is 1. The SMILES string of the molecule is CNC1CCC(N2CCCC2C(=O)N(C)C)CC1. The average Bonchev–Trinajstić information content (AvgIpc) is 2.87. The van der Waals surface area contributed by atoms with E-state index in [4.69, 9.17) is 0 Å². The second-order valence-electron chi connectivity index (χ2n) is 5.92. The van der Waals surface area contributed by atoms with Gasteiger partial charge in [-0.2, -0.15) is 0 Å². The Hall–Kier alpha value is -0.610. The largest absolute Gasteiger partial charge is 0.347 e. The van der Waals surface area contributed by atoms with E-state index in [0.717, 1.165) is 13.0 Å². The topological polar surface area (TPSA) is 35.6 Å². The molecule has 0 radical (unpaired) electrons. The molecule has 0 aromatic rings. The maximum absolute atomic E-state index is 12.2. The van der Waals surface area contributed by atoms with E-state index in [1.165, 1.54) is 32.1 Å². The summed E-state index contributed by atoms with van der Waals surface area (Å²) < 4.78 is 0. The molecule has 2 aliphatic rings. The molecule has 4 heteroatoms. The molecular formula is C14H27N3O. The zero-order valence-corrected chi connectivity index (χ0v) is 12.0. The van der Waals surface area contributed by atoms with Gasteiger partial charge in [-0.1, -0.05) is 0 Å². The quantitative estimate of drug-likeness (QED) is 0.817. The van der Waals surface area contributed by atoms with Crippen LogP contribution in [0.25, 0.3) is 0 Å². The van der Waals surface area contributed by atoms with Gasteiger partial charge in [-0.3, -0.25) is 9.69 Å². The Morgan fingerprint density at radius 3 is 2.39 bits per heavy atom. The van der Waals surface area contributed by atoms with E-state index in [9.17, 15) is 4.79 Å². The minimum atomic E-state index is 0.149. The normalized spacial score (nSPS) is 33.6. The highest BCUT2D eigenvalue weighted by Crippen LogP contribution is 2.29. The molecule has 104 valence electrons. The van der Waals surface area contributed by atoms with Gasteiger partial charge in [0, 0.05) is 26.2 Å². The molecule has 1 saturated heterocycles. The molecule has 1 N–H and O–H groups in total. The Morgan fingerprint density at radius 2 is 1.83 bits per heavy atom. The second kappa shape index (κ2) is 6.02. The number of nitrogens with zero attached hydrogens (tertiary/aromatic N) is 2. The van der Waals surface area contributed by atoms with Gasteiger partial charge in [0.15, 0.2) is 0 Å². The summed E-state index contributed by atoms with van der Waals surface area (Å²) in [5, 5.41) is 3.37. The van der Waals surface area contributed by atoms with Crippen LogP contribution in [0.1, 0.15) is 38.5 Å². The lowest BCUT2D eigenvalue weighted by Crippen LogP contribution is -2.49. The highest BCUT2D eigenvalue weighted by molar-refractivity contribution is 5.81. The van der Waals surface area contributed by atoms with Gasteiger partial charge in [0.05, 0.1) is 6.04 Å². The molecule has 2 rings (SSSR count). The molecule has 1 saturated carbocycles. The van der Waals surface area contributed by atoms with Crippen LogP contribution in [0.3, 0.4) is 0 Å². The van der Waals surface area contributed by atoms with E-state index < -0.39 is 0 Å². The molecule has 1 aliphatic heterocycles. The first-order valence-electron chi connectivity index (χ1n) is 7.27. The molecule has 1 amide bonds. The van der Waals surface area contributed by atoms with Crippen molar-refractivity contribution in [2.75, 3.05) is 27.7 Å². The number of hydrogen-bond donors (Lipinski definition) is 1. The summed E-state index contributed by atoms with van der Waals surface area (Å²) in [4.78, 5) is 16.4. The molecule has 1 heterocycles. The van der Waals surface area contributed by atoms with E-state index in [2.05, 4.69) is 17.3 Å². The fraction of sp³-hybridized carbons (Fsp3) is 0.929. The minimum absolute atomic E-state index is 0.149. The van der Waals surface area contributed by atoms with Gasteiger partial charge in [0.1, 0.15) is 0 Å². The number of carbonyl (C=O) groups excluding carboxylic acids is 1. The smallest absolute Gasteiger partial charge is 0.239 e. The van der Waals surface area contributed by atoms with Crippen LogP contribution in [-0.2, 0) is 4.79 Å². The van der Waals surface area contributed by atoms with Crippen LogP contribution in [0.4, 0.5) is 0 Å². The summed E-state index contributed by atoms with van der Waals surface area (Å²) >= 11 is 0. The highest BCUT2D eigenvalue weighted by atomic mass is 16.2. The molecule has 1 aliphatic carbocycles. The van der Waals surface area contributed by atoms with Crippen molar-refractivity contribution < 1.29 is 4.79 Å². The van der Waals surface area contributed by atoms with Crippen molar-refractivity contribution in [1.29, 1.82) is 0 Å². The molecule has 0 spiro atoms. The molecule has 2 fully saturated rings. The van der Waals surface area contributed by atoms with Gasteiger partial charge in [0.25, 0.3) is 0 Å². The third kappa shape index (κ3) is 2.86. The lowest BCUT2D eigenvalue weighted by Gasteiger charge is -2.38. The van der Waals surface area contributed by atoms with E-state index in [0.29, 0.717) is 18.0 Å². The van der Waals surface area contributed by atoms with Crippen molar-refractivity contribution in [2.24, 2.45) is 0 Å². The molecule has 18 heavy (non-hydrogen) atoms. The standard InChI is InChI=1S/C14H27N3O/c1-15-11-6-8-12(9-7-11)17-10-4-5-13(17)14(18)16(2)3/h11-13,15H,4-10H2,1-3H3. The predicted molar refractivity (Wildman–Crippen MR) is 73.5 cm³/mol. The van der Waals surface area contributed by atoms with Gasteiger partial charge >= 0.3 is 0 Å². The number of hydrogen-bond acceptors (Lipinski definition) is 3. The van der Waals surface area contributed by atoms with Crippen molar-refractivity contribution >= 4 is 5.91 Å². The minimum Gasteiger partial charge on any atom is -0.347 e. The molecular weight excluding hydrogens is 226 g/mol. The lowest BCUT2D eigenvalue weighted by molar-refractivity contribution is -0.134. The first kappa shape index (κ1) is 13.8. The number of nitrogens with one attached hydrogen (secondary N) is 1. The summed E-state index contributed by atoms with van der Waals surface area (Å²) in [6, 6.07) is 1.47. The van der Waals surface area contributed by atoms with E-state index in [1.54, 1.807) is 4.90 Å². The summed E-state index contributed by atoms with van der Waals surface area (Å²) in [6.45, 7) is 1.11. The lowest BCUT2D eigenvalue weighted by atomic mass is 9.90. The summed E-state index contributed by atoms with van der Waals surface area (Å²) in [6.07, 6.45) is 7.20. The number of likely N-dealkylation sites (tertiary alicyclic amines) is 1. The Balaban J connectivity index is 1.94. The van der Waals surface area contributed by atoms with Crippen LogP contribution in [-0.4, -0.2) is 61.5 Å². The Morgan fingerprint density at radius 1 is 1.17 bits per heavy atom. The fourth-order valence-corrected chi connectivity index (χ4v) is 3.49. The molecule has 1 unspecified atom stereocenters. The summed E-state index contributed by atoms with van der Waals surface area (Å²) in [5.41, 5.74) is 0. The third-order valence-corrected chi connectivity index (χ3v) is 4.59. The predicted octanol–water partition coefficient (Wildman–Crippen LogP) is 1.07. The van der Waals surface area contributed by atoms with Crippen LogP contribution in [0.2, 0.25) is 0 Å². The molecule has 0 bridgehead atoms. The van der Waals surface area contributed by atoms with Crippen LogP contribution in [0.5, 0.6) is 0 Å². The van der Waals surface area contributed by atoms with Crippen molar-refractivity contribution in [2.45, 2.75) is 56.7 Å². The van der Waals surface area contributed by atoms with Crippen molar-refractivity contribution in [3.8, 4) is 0 Å². The van der Waals surface area contributed by atoms with Gasteiger partial charge < -0.3 is 10.2 Å². The average molecular weight is 253 g/mol. The molecule has 0 aromatic heterocycles. The van der Waals surface area contributed by atoms with Gasteiger partial charge in [-0.25, -0.2) is 0 Å². The van der Waals surface area contributed by atoms with Gasteiger partial charge in [0.2, 0.25) is 5.91 Å². The maximum Gasteiger partial charge on any atom is 0.239 e. The maximum atomic E-state index is 12.2. The van der Waals surface area contributed by atoms with E-state index >= 15 is 0 Å². The van der Waals surface area contributed by atoms with Gasteiger partial charge in [-0.05, 0) is 52.1 Å². The van der Waals surface area contributed by atoms with Crippen molar-refractivity contribution in [3.05, 3.63) is 0 Å². The highest BCUT2D eigenvalue weighted by Gasteiger charge is 2.37. The van der Waals surface area contributed by atoms with Crippen LogP contribution in [0, 0.1) is 0 Å². The number of rotatable bonds is 3. The first-order valence-corrected chi connectivity index (χ1v) is 7.27. The number of likely N-dealkylation sites (N-methyl/N-ethyl adjacent to an activating group) is 1. The Labute approximate surface area is 111 Å². The van der Waals surface area contributed by atoms with E-state index in [1.807, 2.05) is 14.1 Å². The Bertz CT molecular complexity index is 285. The van der Waals surface area contributed by atoms with E-state index in [-0.39, 0.29) is 6.04 Å². The van der Waals surface area contributed by atoms with Crippen LogP contribution in [0.15, 0.2) is 0 Å². The monoisotopic (exact) mass is 253 g/mol. The van der Waals surface area contributed by atoms with Gasteiger partial charge in [-0.15, -0.1) is 0 Å².